The van der Waals surface area contributed by atoms with Gasteiger partial charge in [-0.05, 0) is 65.1 Å². The van der Waals surface area contributed by atoms with Crippen molar-refractivity contribution in [3.05, 3.63) is 100 Å². The molecule has 7 nitrogen and oxygen atoms in total. The molecule has 0 atom stereocenters. The zero-order valence-corrected chi connectivity index (χ0v) is 23.6. The number of sulfone groups is 1. The van der Waals surface area contributed by atoms with E-state index in [9.17, 15) is 13.2 Å². The number of hydrogen-bond acceptors (Lipinski definition) is 7. The van der Waals surface area contributed by atoms with Crippen LogP contribution in [-0.2, 0) is 23.1 Å². The van der Waals surface area contributed by atoms with Gasteiger partial charge in [-0.15, -0.1) is 0 Å². The fourth-order valence-corrected chi connectivity index (χ4v) is 5.34. The molecule has 0 amide bonds. The van der Waals surface area contributed by atoms with Crippen molar-refractivity contribution in [2.75, 3.05) is 19.5 Å². The Morgan fingerprint density at radius 1 is 0.875 bits per heavy atom. The van der Waals surface area contributed by atoms with Crippen molar-refractivity contribution in [2.24, 2.45) is 0 Å². The molecule has 0 bridgehead atoms. The van der Waals surface area contributed by atoms with Gasteiger partial charge in [0.2, 0.25) is 0 Å². The minimum Gasteiger partial charge on any atom is -0.488 e. The van der Waals surface area contributed by atoms with Gasteiger partial charge in [-0.25, -0.2) is 8.42 Å². The first-order chi connectivity index (χ1) is 19.2. The molecule has 9 heteroatoms. The summed E-state index contributed by atoms with van der Waals surface area (Å²) in [5.41, 5.74) is 4.95. The van der Waals surface area contributed by atoms with E-state index >= 15 is 0 Å². The molecule has 0 radical (unpaired) electrons. The van der Waals surface area contributed by atoms with Crippen LogP contribution in [0.25, 0.3) is 11.1 Å². The van der Waals surface area contributed by atoms with Gasteiger partial charge in [0.1, 0.15) is 37.9 Å². The van der Waals surface area contributed by atoms with E-state index in [-0.39, 0.29) is 34.4 Å². The maximum atomic E-state index is 11.9. The summed E-state index contributed by atoms with van der Waals surface area (Å²) in [5.74, 6) is 2.10. The fourth-order valence-electron chi connectivity index (χ4n) is 4.42. The molecule has 1 aliphatic heterocycles. The average Bonchev–Trinajstić information content (AvgIpc) is 2.95. The van der Waals surface area contributed by atoms with Gasteiger partial charge in [-0.2, -0.15) is 0 Å². The van der Waals surface area contributed by atoms with Crippen molar-refractivity contribution < 1.29 is 32.2 Å². The highest BCUT2D eigenvalue weighted by Gasteiger charge is 2.16. The Morgan fingerprint density at radius 3 is 2.40 bits per heavy atom. The van der Waals surface area contributed by atoms with Crippen LogP contribution in [0, 0.1) is 6.92 Å². The first kappa shape index (κ1) is 27.6. The normalized spacial score (nSPS) is 12.6. The van der Waals surface area contributed by atoms with Crippen LogP contribution >= 0.6 is 11.6 Å². The molecule has 5 rings (SSSR count). The highest BCUT2D eigenvalue weighted by molar-refractivity contribution is 7.90. The summed E-state index contributed by atoms with van der Waals surface area (Å²) in [7, 11) is -3.36. The lowest BCUT2D eigenvalue weighted by molar-refractivity contribution is 0.111. The molecule has 0 saturated heterocycles. The van der Waals surface area contributed by atoms with Crippen molar-refractivity contribution >= 4 is 27.7 Å². The van der Waals surface area contributed by atoms with Crippen LogP contribution in [0.2, 0.25) is 5.02 Å². The number of ether oxygens (including phenoxy) is 4. The number of hydrogen-bond donors (Lipinski definition) is 0. The highest BCUT2D eigenvalue weighted by Crippen LogP contribution is 2.37. The molecule has 1 aliphatic rings. The molecule has 0 aromatic heterocycles. The van der Waals surface area contributed by atoms with Crippen LogP contribution in [0.5, 0.6) is 23.0 Å². The maximum absolute atomic E-state index is 11.9. The Labute approximate surface area is 238 Å². The Balaban J connectivity index is 1.34. The number of halogens is 1. The number of fused-ring (bicyclic) bond motifs is 1. The summed E-state index contributed by atoms with van der Waals surface area (Å²) < 4.78 is 47.1. The highest BCUT2D eigenvalue weighted by atomic mass is 35.5. The van der Waals surface area contributed by atoms with Gasteiger partial charge in [-0.3, -0.25) is 4.79 Å². The van der Waals surface area contributed by atoms with Crippen LogP contribution in [0.15, 0.2) is 77.7 Å². The predicted octanol–water partition coefficient (Wildman–Crippen LogP) is 6.46. The van der Waals surface area contributed by atoms with Gasteiger partial charge in [0.25, 0.3) is 0 Å². The third kappa shape index (κ3) is 6.08. The van der Waals surface area contributed by atoms with Gasteiger partial charge in [0.15, 0.2) is 27.6 Å². The van der Waals surface area contributed by atoms with E-state index in [1.807, 2.05) is 43.3 Å². The second-order valence-corrected chi connectivity index (χ2v) is 11.8. The lowest BCUT2D eigenvalue weighted by Gasteiger charge is -2.20. The third-order valence-corrected chi connectivity index (χ3v) is 8.00. The summed E-state index contributed by atoms with van der Waals surface area (Å²) in [5, 5.41) is 0.272. The number of carbonyl (C=O) groups excluding carboxylic acids is 1. The van der Waals surface area contributed by atoms with Crippen molar-refractivity contribution in [1.82, 2.24) is 0 Å². The van der Waals surface area contributed by atoms with Gasteiger partial charge in [-0.1, -0.05) is 48.0 Å². The summed E-state index contributed by atoms with van der Waals surface area (Å²) in [6.07, 6.45) is 1.80. The van der Waals surface area contributed by atoms with Crippen molar-refractivity contribution in [1.29, 1.82) is 0 Å². The maximum Gasteiger partial charge on any atom is 0.175 e. The van der Waals surface area contributed by atoms with Gasteiger partial charge < -0.3 is 18.9 Å². The molecular formula is C31H27ClO7S. The summed E-state index contributed by atoms with van der Waals surface area (Å²) in [4.78, 5) is 11.9. The van der Waals surface area contributed by atoms with Crippen molar-refractivity contribution in [3.63, 3.8) is 0 Å². The van der Waals surface area contributed by atoms with Crippen molar-refractivity contribution in [2.45, 2.75) is 25.0 Å². The zero-order valence-electron chi connectivity index (χ0n) is 22.0. The number of aldehydes is 1. The minimum absolute atomic E-state index is 0.0575. The molecule has 206 valence electrons. The Hall–Kier alpha value is -4.01. The second-order valence-electron chi connectivity index (χ2n) is 9.38. The lowest BCUT2D eigenvalue weighted by atomic mass is 9.96. The van der Waals surface area contributed by atoms with E-state index in [1.54, 1.807) is 24.3 Å². The lowest BCUT2D eigenvalue weighted by Crippen LogP contribution is -2.15. The van der Waals surface area contributed by atoms with Gasteiger partial charge in [0, 0.05) is 12.3 Å². The first-order valence-electron chi connectivity index (χ1n) is 12.5. The molecule has 0 fully saturated rings. The summed E-state index contributed by atoms with van der Waals surface area (Å²) >= 11 is 6.44. The fraction of sp³-hybridized carbons (Fsp3) is 0.194. The van der Waals surface area contributed by atoms with Crippen LogP contribution in [-0.4, -0.2) is 34.2 Å². The monoisotopic (exact) mass is 578 g/mol. The second kappa shape index (κ2) is 11.6. The van der Waals surface area contributed by atoms with E-state index < -0.39 is 9.84 Å². The topological polar surface area (TPSA) is 88.1 Å². The van der Waals surface area contributed by atoms with Crippen LogP contribution in [0.3, 0.4) is 0 Å². The Morgan fingerprint density at radius 2 is 1.62 bits per heavy atom. The first-order valence-corrected chi connectivity index (χ1v) is 14.8. The number of carbonyl (C=O) groups is 1. The molecule has 1 heterocycles. The molecular weight excluding hydrogens is 552 g/mol. The molecule has 0 N–H and O–H groups in total. The van der Waals surface area contributed by atoms with Crippen molar-refractivity contribution in [3.8, 4) is 34.1 Å². The third-order valence-electron chi connectivity index (χ3n) is 6.59. The van der Waals surface area contributed by atoms with Crippen LogP contribution in [0.4, 0.5) is 0 Å². The number of rotatable bonds is 9. The largest absolute Gasteiger partial charge is 0.488 e. The Kier molecular flexibility index (Phi) is 8.00. The molecule has 0 aliphatic carbocycles. The van der Waals surface area contributed by atoms with Gasteiger partial charge >= 0.3 is 0 Å². The molecule has 0 spiro atoms. The van der Waals surface area contributed by atoms with E-state index in [4.69, 9.17) is 30.5 Å². The smallest absolute Gasteiger partial charge is 0.175 e. The Bertz CT molecular complexity index is 1680. The number of benzene rings is 4. The van der Waals surface area contributed by atoms with Crippen LogP contribution < -0.4 is 18.9 Å². The standard InChI is InChI=1S/C31H27ClO7S/c1-20-23(6-4-8-26(20)22-9-10-28-31(15-22)37-12-11-36-28)19-39-30-16-29(24(17-33)14-27(30)32)38-18-21-5-3-7-25(13-21)40(2,34)35/h3-10,13-17H,11-12,18-19H2,1-2H3. The van der Waals surface area contributed by atoms with E-state index in [1.165, 1.54) is 12.1 Å². The molecule has 40 heavy (non-hydrogen) atoms. The van der Waals surface area contributed by atoms with Gasteiger partial charge in [0.05, 0.1) is 15.5 Å². The predicted molar refractivity (Wildman–Crippen MR) is 153 cm³/mol. The SMILES string of the molecule is Cc1c(COc2cc(OCc3cccc(S(C)(=O)=O)c3)c(C=O)cc2Cl)cccc1-c1ccc2c(c1)OCCO2. The molecule has 4 aromatic rings. The summed E-state index contributed by atoms with van der Waals surface area (Å²) in [6.45, 7) is 3.38. The van der Waals surface area contributed by atoms with E-state index in [0.717, 1.165) is 40.0 Å². The zero-order chi connectivity index (χ0) is 28.3. The molecule has 0 unspecified atom stereocenters. The van der Waals surface area contributed by atoms with Crippen LogP contribution in [0.1, 0.15) is 27.0 Å². The van der Waals surface area contributed by atoms with E-state index in [2.05, 4.69) is 0 Å². The molecule has 0 saturated carbocycles. The summed E-state index contributed by atoms with van der Waals surface area (Å²) in [6, 6.07) is 21.4. The van der Waals surface area contributed by atoms with E-state index in [0.29, 0.717) is 30.8 Å². The molecule has 4 aromatic carbocycles. The minimum atomic E-state index is -3.36. The average molecular weight is 579 g/mol. The quantitative estimate of drug-likeness (QED) is 0.211.